The Morgan fingerprint density at radius 1 is 0.333 bits per heavy atom. The molecular weight excluding hydrogens is 749 g/mol. The smallest absolute Gasteiger partial charge is 0.164 e. The predicted molar refractivity (Wildman–Crippen MR) is 244 cm³/mol. The summed E-state index contributed by atoms with van der Waals surface area (Å²) < 4.78 is 0. The molecule has 0 saturated carbocycles. The number of benzene rings is 8. The lowest BCUT2D eigenvalue weighted by atomic mass is 9.67. The molecule has 2 aromatic heterocycles. The highest BCUT2D eigenvalue weighted by atomic mass is 32.2. The van der Waals surface area contributed by atoms with Crippen LogP contribution in [-0.4, -0.2) is 19.9 Å². The first-order valence-electron chi connectivity index (χ1n) is 20.2. The number of hydrogen-bond acceptors (Lipinski definition) is 5. The van der Waals surface area contributed by atoms with Gasteiger partial charge in [-0.05, 0) is 98.1 Å². The third-order valence-corrected chi connectivity index (χ3v) is 13.2. The Balaban J connectivity index is 1.09. The molecule has 1 aliphatic carbocycles. The first-order chi connectivity index (χ1) is 29.7. The number of pyridine rings is 1. The summed E-state index contributed by atoms with van der Waals surface area (Å²) in [7, 11) is 0. The predicted octanol–water partition coefficient (Wildman–Crippen LogP) is 13.6. The number of hydrogen-bond donors (Lipinski definition) is 0. The van der Waals surface area contributed by atoms with Gasteiger partial charge in [-0.15, -0.1) is 0 Å². The highest BCUT2D eigenvalue weighted by Crippen LogP contribution is 2.62. The Kier molecular flexibility index (Phi) is 7.97. The van der Waals surface area contributed by atoms with Crippen molar-refractivity contribution in [3.63, 3.8) is 0 Å². The van der Waals surface area contributed by atoms with Crippen molar-refractivity contribution in [1.82, 2.24) is 19.9 Å². The van der Waals surface area contributed by atoms with Crippen molar-refractivity contribution in [2.75, 3.05) is 0 Å². The van der Waals surface area contributed by atoms with Gasteiger partial charge in [0.15, 0.2) is 17.5 Å². The second-order valence-electron chi connectivity index (χ2n) is 15.4. The zero-order valence-electron chi connectivity index (χ0n) is 32.3. The Morgan fingerprint density at radius 2 is 0.833 bits per heavy atom. The van der Waals surface area contributed by atoms with Gasteiger partial charge in [-0.2, -0.15) is 0 Å². The Hall–Kier alpha value is -7.47. The van der Waals surface area contributed by atoms with E-state index >= 15 is 0 Å². The van der Waals surface area contributed by atoms with E-state index in [9.17, 15) is 0 Å². The van der Waals surface area contributed by atoms with E-state index in [2.05, 4.69) is 170 Å². The summed E-state index contributed by atoms with van der Waals surface area (Å²) in [6.45, 7) is 0. The van der Waals surface area contributed by atoms with Gasteiger partial charge < -0.3 is 0 Å². The lowest BCUT2D eigenvalue weighted by Gasteiger charge is -2.39. The molecule has 5 heteroatoms. The fourth-order valence-electron chi connectivity index (χ4n) is 9.29. The Morgan fingerprint density at radius 3 is 1.53 bits per heavy atom. The molecule has 1 aliphatic heterocycles. The van der Waals surface area contributed by atoms with Crippen molar-refractivity contribution in [1.29, 1.82) is 0 Å². The summed E-state index contributed by atoms with van der Waals surface area (Å²) in [6, 6.07) is 71.5. The van der Waals surface area contributed by atoms with Crippen LogP contribution in [0, 0.1) is 0 Å². The molecule has 12 rings (SSSR count). The monoisotopic (exact) mass is 782 g/mol. The van der Waals surface area contributed by atoms with E-state index in [-0.39, 0.29) is 0 Å². The van der Waals surface area contributed by atoms with Gasteiger partial charge >= 0.3 is 0 Å². The highest BCUT2D eigenvalue weighted by molar-refractivity contribution is 7.99. The average molecular weight is 783 g/mol. The van der Waals surface area contributed by atoms with E-state index in [1.54, 1.807) is 0 Å². The summed E-state index contributed by atoms with van der Waals surface area (Å²) in [4.78, 5) is 22.8. The summed E-state index contributed by atoms with van der Waals surface area (Å²) >= 11 is 1.86. The van der Waals surface area contributed by atoms with Crippen LogP contribution in [0.4, 0.5) is 0 Å². The molecule has 0 atom stereocenters. The molecule has 0 amide bonds. The van der Waals surface area contributed by atoms with Crippen molar-refractivity contribution in [3.8, 4) is 67.5 Å². The van der Waals surface area contributed by atoms with Crippen LogP contribution in [0.3, 0.4) is 0 Å². The second kappa shape index (κ2) is 13.8. The summed E-state index contributed by atoms with van der Waals surface area (Å²) in [6.07, 6.45) is 1.86. The largest absolute Gasteiger partial charge is 0.256 e. The van der Waals surface area contributed by atoms with Crippen LogP contribution in [-0.2, 0) is 5.41 Å². The zero-order valence-corrected chi connectivity index (χ0v) is 33.1. The van der Waals surface area contributed by atoms with E-state index in [0.29, 0.717) is 17.5 Å². The molecule has 10 aromatic rings. The lowest BCUT2D eigenvalue weighted by molar-refractivity contribution is 0.722. The zero-order chi connectivity index (χ0) is 39.6. The SMILES string of the molecule is c1ccc(-c2cccc(-c3nc(-c4ccccc4)nc(-c4ccc5c(c4)-c4cc(-c6ccc7cccnc7c6)ccc4C54c5ccccc5Sc5ccccc54)n3)c2)cc1. The van der Waals surface area contributed by atoms with Gasteiger partial charge in [0, 0.05) is 38.1 Å². The minimum Gasteiger partial charge on any atom is -0.256 e. The van der Waals surface area contributed by atoms with E-state index in [4.69, 9.17) is 19.9 Å². The van der Waals surface area contributed by atoms with Gasteiger partial charge in [0.05, 0.1) is 10.9 Å². The van der Waals surface area contributed by atoms with Gasteiger partial charge in [0.2, 0.25) is 0 Å². The first-order valence-corrected chi connectivity index (χ1v) is 21.0. The van der Waals surface area contributed by atoms with E-state index in [1.165, 1.54) is 43.2 Å². The molecule has 0 saturated heterocycles. The first kappa shape index (κ1) is 34.6. The third kappa shape index (κ3) is 5.47. The van der Waals surface area contributed by atoms with E-state index in [1.807, 2.05) is 48.3 Å². The number of nitrogens with zero attached hydrogens (tertiary/aromatic N) is 4. The molecule has 0 unspecified atom stereocenters. The summed E-state index contributed by atoms with van der Waals surface area (Å²) in [5, 5.41) is 1.13. The second-order valence-corrected chi connectivity index (χ2v) is 16.5. The minimum atomic E-state index is -0.511. The van der Waals surface area contributed by atoms with Crippen LogP contribution in [0.15, 0.2) is 216 Å². The maximum absolute atomic E-state index is 5.25. The maximum Gasteiger partial charge on any atom is 0.164 e. The maximum atomic E-state index is 5.25. The van der Waals surface area contributed by atoms with Crippen LogP contribution in [0.25, 0.3) is 78.4 Å². The van der Waals surface area contributed by atoms with Crippen LogP contribution in [0.5, 0.6) is 0 Å². The van der Waals surface area contributed by atoms with Crippen molar-refractivity contribution in [3.05, 3.63) is 229 Å². The minimum absolute atomic E-state index is 0.511. The fraction of sp³-hybridized carbons (Fsp3) is 0.0182. The molecule has 4 nitrogen and oxygen atoms in total. The highest BCUT2D eigenvalue weighted by Gasteiger charge is 2.50. The number of aromatic nitrogens is 4. The van der Waals surface area contributed by atoms with Gasteiger partial charge in [0.1, 0.15) is 0 Å². The molecule has 280 valence electrons. The topological polar surface area (TPSA) is 51.6 Å². The van der Waals surface area contributed by atoms with Crippen LogP contribution in [0.2, 0.25) is 0 Å². The molecule has 0 bridgehead atoms. The average Bonchev–Trinajstić information content (AvgIpc) is 3.61. The van der Waals surface area contributed by atoms with Gasteiger partial charge in [-0.25, -0.2) is 15.0 Å². The molecule has 3 heterocycles. The molecular formula is C55H34N4S. The van der Waals surface area contributed by atoms with Crippen LogP contribution in [0.1, 0.15) is 22.3 Å². The van der Waals surface area contributed by atoms with Gasteiger partial charge in [-0.1, -0.05) is 169 Å². The van der Waals surface area contributed by atoms with Crippen molar-refractivity contribution >= 4 is 22.7 Å². The Bertz CT molecular complexity index is 3260. The van der Waals surface area contributed by atoms with Crippen molar-refractivity contribution in [2.24, 2.45) is 0 Å². The van der Waals surface area contributed by atoms with Crippen molar-refractivity contribution < 1.29 is 0 Å². The summed E-state index contributed by atoms with van der Waals surface area (Å²) in [5.74, 6) is 1.90. The number of rotatable bonds is 5. The number of fused-ring (bicyclic) bond motifs is 10. The summed E-state index contributed by atoms with van der Waals surface area (Å²) in [5.41, 5.74) is 15.3. The molecule has 1 spiro atoms. The molecule has 2 aliphatic rings. The normalized spacial score (nSPS) is 13.1. The molecule has 60 heavy (non-hydrogen) atoms. The molecule has 0 radical (unpaired) electrons. The van der Waals surface area contributed by atoms with E-state index < -0.39 is 5.41 Å². The fourth-order valence-corrected chi connectivity index (χ4v) is 10.5. The van der Waals surface area contributed by atoms with Crippen LogP contribution < -0.4 is 0 Å². The quantitative estimate of drug-likeness (QED) is 0.174. The standard InChI is InChI=1S/C55H34N4S/c1-3-13-35(14-4-1)38-17-11-18-41(31-38)53-57-52(37-15-5-2-6-16-37)58-54(59-53)42-27-29-46-44(33-42)43-32-39(40-25-24-36-19-12-30-56-49(36)34-40)26-28-45(43)55(46)47-20-7-9-22-50(47)60-51-23-10-8-21-48(51)55/h1-34H. The molecule has 0 N–H and O–H groups in total. The van der Waals surface area contributed by atoms with Gasteiger partial charge in [-0.3, -0.25) is 4.98 Å². The van der Waals surface area contributed by atoms with Crippen LogP contribution >= 0.6 is 11.8 Å². The molecule has 8 aromatic carbocycles. The van der Waals surface area contributed by atoms with E-state index in [0.717, 1.165) is 49.8 Å². The molecule has 0 fully saturated rings. The lowest BCUT2D eigenvalue weighted by Crippen LogP contribution is -2.31. The van der Waals surface area contributed by atoms with Crippen molar-refractivity contribution in [2.45, 2.75) is 15.2 Å². The Labute approximate surface area is 352 Å². The van der Waals surface area contributed by atoms with Gasteiger partial charge in [0.25, 0.3) is 0 Å². The third-order valence-electron chi connectivity index (χ3n) is 12.0.